The summed E-state index contributed by atoms with van der Waals surface area (Å²) in [6, 6.07) is 8.37. The van der Waals surface area contributed by atoms with Gasteiger partial charge in [0.25, 0.3) is 5.89 Å². The molecule has 3 N–H and O–H groups in total. The van der Waals surface area contributed by atoms with Gasteiger partial charge in [-0.05, 0) is 17.9 Å². The van der Waals surface area contributed by atoms with E-state index in [2.05, 4.69) is 10.3 Å². The van der Waals surface area contributed by atoms with Crippen LogP contribution in [0.1, 0.15) is 42.9 Å². The van der Waals surface area contributed by atoms with E-state index in [1.807, 2.05) is 44.2 Å². The standard InChI is InChI=1S/C20H25N3O5/c1-13(2)10-15(12-17(24)23-27)19(26)22-16(11-14-6-4-3-5-7-14)18(25)20-21-8-9-28-20/h3-9,13,15-16,27H,10-12H2,1-2H3,(H,22,26)(H,23,24)/t15-,16?/m1/s1. The number of oxazole rings is 1. The van der Waals surface area contributed by atoms with Gasteiger partial charge in [0.2, 0.25) is 17.6 Å². The van der Waals surface area contributed by atoms with E-state index in [9.17, 15) is 14.4 Å². The third-order valence-electron chi connectivity index (χ3n) is 4.24. The predicted molar refractivity (Wildman–Crippen MR) is 100 cm³/mol. The molecule has 1 heterocycles. The minimum Gasteiger partial charge on any atom is -0.442 e. The van der Waals surface area contributed by atoms with Gasteiger partial charge >= 0.3 is 0 Å². The molecule has 8 nitrogen and oxygen atoms in total. The summed E-state index contributed by atoms with van der Waals surface area (Å²) in [5.74, 6) is -2.15. The Morgan fingerprint density at radius 3 is 2.46 bits per heavy atom. The van der Waals surface area contributed by atoms with Crippen molar-refractivity contribution in [1.82, 2.24) is 15.8 Å². The zero-order valence-corrected chi connectivity index (χ0v) is 15.9. The molecule has 2 atom stereocenters. The first-order chi connectivity index (χ1) is 13.4. The summed E-state index contributed by atoms with van der Waals surface area (Å²) < 4.78 is 5.09. The number of nitrogens with one attached hydrogen (secondary N) is 2. The van der Waals surface area contributed by atoms with Crippen LogP contribution < -0.4 is 10.8 Å². The fourth-order valence-electron chi connectivity index (χ4n) is 2.96. The zero-order chi connectivity index (χ0) is 20.5. The molecule has 1 unspecified atom stereocenters. The number of hydroxylamine groups is 1. The predicted octanol–water partition coefficient (Wildman–Crippen LogP) is 2.14. The van der Waals surface area contributed by atoms with E-state index in [-0.39, 0.29) is 24.7 Å². The van der Waals surface area contributed by atoms with Gasteiger partial charge in [0.15, 0.2) is 0 Å². The van der Waals surface area contributed by atoms with Crippen molar-refractivity contribution < 1.29 is 24.0 Å². The molecule has 0 aliphatic heterocycles. The Kier molecular flexibility index (Phi) is 7.88. The Morgan fingerprint density at radius 1 is 1.18 bits per heavy atom. The molecule has 8 heteroatoms. The maximum atomic E-state index is 12.8. The van der Waals surface area contributed by atoms with Gasteiger partial charge in [-0.1, -0.05) is 44.2 Å². The number of aromatic nitrogens is 1. The molecule has 0 aliphatic rings. The molecule has 0 aliphatic carbocycles. The molecule has 2 aromatic rings. The molecule has 28 heavy (non-hydrogen) atoms. The second kappa shape index (κ2) is 10.4. The molecule has 1 aromatic heterocycles. The summed E-state index contributed by atoms with van der Waals surface area (Å²) in [4.78, 5) is 41.1. The summed E-state index contributed by atoms with van der Waals surface area (Å²) in [7, 11) is 0. The van der Waals surface area contributed by atoms with E-state index in [1.165, 1.54) is 12.5 Å². The number of amides is 2. The van der Waals surface area contributed by atoms with Gasteiger partial charge in [0, 0.05) is 18.8 Å². The van der Waals surface area contributed by atoms with Crippen LogP contribution in [0.3, 0.4) is 0 Å². The number of hydrogen-bond donors (Lipinski definition) is 3. The summed E-state index contributed by atoms with van der Waals surface area (Å²) in [5, 5.41) is 11.5. The number of Topliss-reactive ketones (excluding diaryl/α,β-unsaturated/α-hetero) is 1. The normalized spacial score (nSPS) is 13.0. The first-order valence-electron chi connectivity index (χ1n) is 9.11. The van der Waals surface area contributed by atoms with Crippen LogP contribution in [0.15, 0.2) is 47.2 Å². The molecule has 0 radical (unpaired) electrons. The summed E-state index contributed by atoms with van der Waals surface area (Å²) in [5.41, 5.74) is 2.41. The summed E-state index contributed by atoms with van der Waals surface area (Å²) in [6.45, 7) is 3.85. The van der Waals surface area contributed by atoms with Crippen molar-refractivity contribution in [3.63, 3.8) is 0 Å². The second-order valence-electron chi connectivity index (χ2n) is 7.02. The monoisotopic (exact) mass is 387 g/mol. The van der Waals surface area contributed by atoms with Crippen molar-refractivity contribution in [2.24, 2.45) is 11.8 Å². The van der Waals surface area contributed by atoms with E-state index >= 15 is 0 Å². The van der Waals surface area contributed by atoms with E-state index in [0.717, 1.165) is 5.56 Å². The molecular weight excluding hydrogens is 362 g/mol. The first-order valence-corrected chi connectivity index (χ1v) is 9.11. The van der Waals surface area contributed by atoms with E-state index in [4.69, 9.17) is 9.62 Å². The maximum absolute atomic E-state index is 12.8. The van der Waals surface area contributed by atoms with Crippen LogP contribution in [0.2, 0.25) is 0 Å². The number of ketones is 1. The number of rotatable bonds is 10. The van der Waals surface area contributed by atoms with Crippen LogP contribution in [0.4, 0.5) is 0 Å². The lowest BCUT2D eigenvalue weighted by molar-refractivity contribution is -0.135. The number of hydrogen-bond acceptors (Lipinski definition) is 6. The van der Waals surface area contributed by atoms with Gasteiger partial charge in [-0.15, -0.1) is 0 Å². The smallest absolute Gasteiger partial charge is 0.265 e. The van der Waals surface area contributed by atoms with Crippen molar-refractivity contribution in [1.29, 1.82) is 0 Å². The summed E-state index contributed by atoms with van der Waals surface area (Å²) >= 11 is 0. The average Bonchev–Trinajstić information content (AvgIpc) is 3.21. The van der Waals surface area contributed by atoms with Crippen LogP contribution in [0, 0.1) is 11.8 Å². The minimum absolute atomic E-state index is 0.0882. The fourth-order valence-corrected chi connectivity index (χ4v) is 2.96. The Hall–Kier alpha value is -3.00. The lowest BCUT2D eigenvalue weighted by Crippen LogP contribution is -2.46. The second-order valence-corrected chi connectivity index (χ2v) is 7.02. The highest BCUT2D eigenvalue weighted by Crippen LogP contribution is 2.17. The van der Waals surface area contributed by atoms with E-state index in [1.54, 1.807) is 5.48 Å². The Balaban J connectivity index is 2.19. The number of carbonyl (C=O) groups excluding carboxylic acids is 3. The average molecular weight is 387 g/mol. The van der Waals surface area contributed by atoms with Gasteiger partial charge in [-0.2, -0.15) is 0 Å². The molecular formula is C20H25N3O5. The van der Waals surface area contributed by atoms with Gasteiger partial charge in [-0.3, -0.25) is 19.6 Å². The van der Waals surface area contributed by atoms with E-state index < -0.39 is 29.6 Å². The van der Waals surface area contributed by atoms with Gasteiger partial charge in [0.1, 0.15) is 12.3 Å². The maximum Gasteiger partial charge on any atom is 0.265 e. The molecule has 1 aromatic carbocycles. The molecule has 150 valence electrons. The summed E-state index contributed by atoms with van der Waals surface area (Å²) in [6.07, 6.45) is 3.17. The lowest BCUT2D eigenvalue weighted by Gasteiger charge is -2.22. The lowest BCUT2D eigenvalue weighted by atomic mass is 9.92. The van der Waals surface area contributed by atoms with Crippen LogP contribution >= 0.6 is 0 Å². The number of nitrogens with zero attached hydrogens (tertiary/aromatic N) is 1. The highest BCUT2D eigenvalue weighted by atomic mass is 16.5. The molecule has 0 bridgehead atoms. The zero-order valence-electron chi connectivity index (χ0n) is 15.9. The van der Waals surface area contributed by atoms with Crippen LogP contribution in [0.25, 0.3) is 0 Å². The Labute approximate surface area is 163 Å². The van der Waals surface area contributed by atoms with Crippen molar-refractivity contribution in [2.45, 2.75) is 39.2 Å². The molecule has 2 amide bonds. The van der Waals surface area contributed by atoms with Crippen molar-refractivity contribution in [3.05, 3.63) is 54.2 Å². The highest BCUT2D eigenvalue weighted by Gasteiger charge is 2.30. The topological polar surface area (TPSA) is 122 Å². The number of carbonyl (C=O) groups is 3. The Bertz CT molecular complexity index is 774. The Morgan fingerprint density at radius 2 is 1.89 bits per heavy atom. The molecule has 0 saturated heterocycles. The highest BCUT2D eigenvalue weighted by molar-refractivity contribution is 5.99. The van der Waals surface area contributed by atoms with Gasteiger partial charge in [-0.25, -0.2) is 10.5 Å². The third kappa shape index (κ3) is 6.31. The largest absolute Gasteiger partial charge is 0.442 e. The van der Waals surface area contributed by atoms with Crippen LogP contribution in [-0.4, -0.2) is 33.8 Å². The van der Waals surface area contributed by atoms with Crippen LogP contribution in [-0.2, 0) is 16.0 Å². The fraction of sp³-hybridized carbons (Fsp3) is 0.400. The van der Waals surface area contributed by atoms with Crippen molar-refractivity contribution >= 4 is 17.6 Å². The molecule has 0 saturated carbocycles. The van der Waals surface area contributed by atoms with Crippen LogP contribution in [0.5, 0.6) is 0 Å². The number of benzene rings is 1. The van der Waals surface area contributed by atoms with Crippen molar-refractivity contribution in [2.75, 3.05) is 0 Å². The van der Waals surface area contributed by atoms with Crippen molar-refractivity contribution in [3.8, 4) is 0 Å². The SMILES string of the molecule is CC(C)C[C@H](CC(=O)NO)C(=O)NC(Cc1ccccc1)C(=O)c1ncco1. The van der Waals surface area contributed by atoms with E-state index in [0.29, 0.717) is 6.42 Å². The minimum atomic E-state index is -0.889. The third-order valence-corrected chi connectivity index (χ3v) is 4.24. The van der Waals surface area contributed by atoms with Gasteiger partial charge in [0.05, 0.1) is 6.20 Å². The quantitative estimate of drug-likeness (QED) is 0.326. The molecule has 2 rings (SSSR count). The van der Waals surface area contributed by atoms with Gasteiger partial charge < -0.3 is 9.73 Å². The molecule has 0 spiro atoms. The first kappa shape index (κ1) is 21.3. The molecule has 0 fully saturated rings.